The molecular weight excluding hydrogens is 268 g/mol. The van der Waals surface area contributed by atoms with Crippen LogP contribution in [0.5, 0.6) is 0 Å². The number of hydrogen-bond acceptors (Lipinski definition) is 6. The lowest BCUT2D eigenvalue weighted by molar-refractivity contribution is -0.0340. The van der Waals surface area contributed by atoms with Gasteiger partial charge < -0.3 is 4.74 Å². The Hall–Kier alpha value is -0.990. The Labute approximate surface area is 113 Å². The molecule has 0 unspecified atom stereocenters. The van der Waals surface area contributed by atoms with E-state index in [1.807, 2.05) is 6.92 Å². The number of nitrogens with one attached hydrogen (secondary N) is 1. The van der Waals surface area contributed by atoms with Crippen molar-refractivity contribution in [1.29, 1.82) is 0 Å². The highest BCUT2D eigenvalue weighted by atomic mass is 32.2. The van der Waals surface area contributed by atoms with E-state index in [0.29, 0.717) is 25.4 Å². The van der Waals surface area contributed by atoms with Gasteiger partial charge in [-0.25, -0.2) is 13.4 Å². The Morgan fingerprint density at radius 2 is 2.32 bits per heavy atom. The Morgan fingerprint density at radius 3 is 2.95 bits per heavy atom. The Balaban J connectivity index is 1.84. The van der Waals surface area contributed by atoms with Crippen molar-refractivity contribution in [2.75, 3.05) is 38.2 Å². The molecule has 1 aromatic rings. The number of aromatic nitrogens is 3. The molecule has 0 radical (unpaired) electrons. The first-order valence-electron chi connectivity index (χ1n) is 6.34. The van der Waals surface area contributed by atoms with E-state index >= 15 is 0 Å². The fraction of sp³-hybridized carbons (Fsp3) is 0.818. The lowest BCUT2D eigenvalue weighted by atomic mass is 10.2. The van der Waals surface area contributed by atoms with Crippen molar-refractivity contribution in [2.45, 2.75) is 19.4 Å². The van der Waals surface area contributed by atoms with E-state index in [-0.39, 0.29) is 11.9 Å². The molecule has 2 heterocycles. The fourth-order valence-corrected chi connectivity index (χ4v) is 2.77. The maximum atomic E-state index is 11.1. The fourth-order valence-electron chi connectivity index (χ4n) is 2.12. The Bertz CT molecular complexity index is 514. The van der Waals surface area contributed by atoms with E-state index in [0.717, 1.165) is 18.9 Å². The third-order valence-electron chi connectivity index (χ3n) is 3.04. The van der Waals surface area contributed by atoms with Crippen LogP contribution in [0, 0.1) is 6.92 Å². The molecule has 8 heteroatoms. The summed E-state index contributed by atoms with van der Waals surface area (Å²) in [6.45, 7) is 4.77. The van der Waals surface area contributed by atoms with Gasteiger partial charge in [0, 0.05) is 19.3 Å². The average Bonchev–Trinajstić information content (AvgIpc) is 2.75. The molecule has 1 atom stereocenters. The van der Waals surface area contributed by atoms with Crippen molar-refractivity contribution >= 4 is 9.84 Å². The first kappa shape index (κ1) is 14.4. The Morgan fingerprint density at radius 1 is 1.53 bits per heavy atom. The van der Waals surface area contributed by atoms with E-state index in [2.05, 4.69) is 20.1 Å². The van der Waals surface area contributed by atoms with Gasteiger partial charge >= 0.3 is 0 Å². The minimum absolute atomic E-state index is 0.128. The highest BCUT2D eigenvalue weighted by molar-refractivity contribution is 7.90. The van der Waals surface area contributed by atoms with Gasteiger partial charge in [0.15, 0.2) is 5.82 Å². The van der Waals surface area contributed by atoms with Crippen LogP contribution < -0.4 is 0 Å². The van der Waals surface area contributed by atoms with Crippen LogP contribution in [0.2, 0.25) is 0 Å². The second-order valence-corrected chi connectivity index (χ2v) is 7.18. The number of ether oxygens (including phenoxy) is 1. The zero-order valence-electron chi connectivity index (χ0n) is 11.3. The number of rotatable bonds is 5. The topological polar surface area (TPSA) is 88.2 Å². The van der Waals surface area contributed by atoms with Gasteiger partial charge in [-0.1, -0.05) is 0 Å². The molecule has 19 heavy (non-hydrogen) atoms. The van der Waals surface area contributed by atoms with Crippen molar-refractivity contribution in [3.63, 3.8) is 0 Å². The van der Waals surface area contributed by atoms with Crippen molar-refractivity contribution < 1.29 is 13.2 Å². The summed E-state index contributed by atoms with van der Waals surface area (Å²) in [5.41, 5.74) is 0. The summed E-state index contributed by atoms with van der Waals surface area (Å²) >= 11 is 0. The number of sulfone groups is 1. The highest BCUT2D eigenvalue weighted by Gasteiger charge is 2.24. The van der Waals surface area contributed by atoms with Gasteiger partial charge in [-0.3, -0.25) is 10.00 Å². The molecule has 7 nitrogen and oxygen atoms in total. The second kappa shape index (κ2) is 5.98. The van der Waals surface area contributed by atoms with E-state index < -0.39 is 9.84 Å². The van der Waals surface area contributed by atoms with Gasteiger partial charge in [0.25, 0.3) is 0 Å². The van der Waals surface area contributed by atoms with Crippen LogP contribution in [0.15, 0.2) is 0 Å². The summed E-state index contributed by atoms with van der Waals surface area (Å²) in [7, 11) is -2.87. The summed E-state index contributed by atoms with van der Waals surface area (Å²) in [5.74, 6) is 1.67. The number of hydrogen-bond donors (Lipinski definition) is 1. The molecule has 1 saturated heterocycles. The van der Waals surface area contributed by atoms with Crippen LogP contribution >= 0.6 is 0 Å². The number of aromatic amines is 1. The molecule has 1 N–H and O–H groups in total. The molecule has 1 aliphatic heterocycles. The van der Waals surface area contributed by atoms with E-state index in [1.165, 1.54) is 6.26 Å². The zero-order valence-corrected chi connectivity index (χ0v) is 12.1. The summed E-state index contributed by atoms with van der Waals surface area (Å²) < 4.78 is 27.8. The van der Waals surface area contributed by atoms with Gasteiger partial charge in [-0.2, -0.15) is 5.10 Å². The average molecular weight is 288 g/mol. The smallest absolute Gasteiger partial charge is 0.180 e. The van der Waals surface area contributed by atoms with Gasteiger partial charge in [0.2, 0.25) is 0 Å². The van der Waals surface area contributed by atoms with Crippen molar-refractivity contribution in [2.24, 2.45) is 0 Å². The molecule has 0 amide bonds. The molecule has 0 bridgehead atoms. The molecular formula is C11H20N4O3S. The monoisotopic (exact) mass is 288 g/mol. The van der Waals surface area contributed by atoms with Crippen LogP contribution in [0.1, 0.15) is 24.2 Å². The van der Waals surface area contributed by atoms with E-state index in [4.69, 9.17) is 4.74 Å². The summed E-state index contributed by atoms with van der Waals surface area (Å²) in [5, 5.41) is 6.91. The van der Waals surface area contributed by atoms with E-state index in [9.17, 15) is 8.42 Å². The van der Waals surface area contributed by atoms with Crippen LogP contribution in [-0.2, 0) is 14.6 Å². The predicted octanol–water partition coefficient (Wildman–Crippen LogP) is -0.0789. The first-order valence-corrected chi connectivity index (χ1v) is 8.41. The lowest BCUT2D eigenvalue weighted by Gasteiger charge is -2.31. The number of aryl methyl sites for hydroxylation is 1. The third-order valence-corrected chi connectivity index (χ3v) is 4.07. The van der Waals surface area contributed by atoms with Crippen LogP contribution in [-0.4, -0.2) is 66.7 Å². The van der Waals surface area contributed by atoms with Gasteiger partial charge in [-0.05, 0) is 19.9 Å². The normalized spacial score (nSPS) is 21.7. The maximum Gasteiger partial charge on any atom is 0.180 e. The van der Waals surface area contributed by atoms with Gasteiger partial charge in [0.1, 0.15) is 21.8 Å². The highest BCUT2D eigenvalue weighted by Crippen LogP contribution is 2.19. The molecule has 0 aromatic carbocycles. The molecule has 1 fully saturated rings. The number of nitrogens with zero attached hydrogens (tertiary/aromatic N) is 3. The minimum Gasteiger partial charge on any atom is -0.367 e. The zero-order chi connectivity index (χ0) is 13.9. The quantitative estimate of drug-likeness (QED) is 0.815. The standard InChI is InChI=1S/C11H20N4O3S/c1-9-12-11(14-13-9)10-8-15(5-6-18-10)4-3-7-19(2,16)17/h10H,3-8H2,1-2H3,(H,12,13,14)/t10-/m0/s1. The molecule has 0 aliphatic carbocycles. The molecule has 108 valence electrons. The summed E-state index contributed by atoms with van der Waals surface area (Å²) in [6.07, 6.45) is 1.79. The molecule has 0 saturated carbocycles. The molecule has 1 aromatic heterocycles. The number of H-pyrrole nitrogens is 1. The first-order chi connectivity index (χ1) is 8.94. The number of morpholine rings is 1. The van der Waals surface area contributed by atoms with Crippen molar-refractivity contribution in [1.82, 2.24) is 20.1 Å². The lowest BCUT2D eigenvalue weighted by Crippen LogP contribution is -2.39. The molecule has 0 spiro atoms. The SMILES string of the molecule is Cc1nc([C@@H]2CN(CCCS(C)(=O)=O)CCO2)n[nH]1. The van der Waals surface area contributed by atoms with Crippen molar-refractivity contribution in [3.8, 4) is 0 Å². The van der Waals surface area contributed by atoms with Gasteiger partial charge in [0.05, 0.1) is 12.4 Å². The van der Waals surface area contributed by atoms with Crippen molar-refractivity contribution in [3.05, 3.63) is 11.6 Å². The van der Waals surface area contributed by atoms with E-state index in [1.54, 1.807) is 0 Å². The Kier molecular flexibility index (Phi) is 4.54. The van der Waals surface area contributed by atoms with Crippen LogP contribution in [0.25, 0.3) is 0 Å². The maximum absolute atomic E-state index is 11.1. The predicted molar refractivity (Wildman–Crippen MR) is 70.6 cm³/mol. The van der Waals surface area contributed by atoms with Crippen LogP contribution in [0.3, 0.4) is 0 Å². The van der Waals surface area contributed by atoms with Gasteiger partial charge in [-0.15, -0.1) is 0 Å². The minimum atomic E-state index is -2.87. The summed E-state index contributed by atoms with van der Waals surface area (Å²) in [6, 6.07) is 0. The largest absolute Gasteiger partial charge is 0.367 e. The third kappa shape index (κ3) is 4.55. The molecule has 2 rings (SSSR count). The molecule has 1 aliphatic rings. The van der Waals surface area contributed by atoms with Crippen LogP contribution in [0.4, 0.5) is 0 Å². The summed E-state index contributed by atoms with van der Waals surface area (Å²) in [4.78, 5) is 6.47. The second-order valence-electron chi connectivity index (χ2n) is 4.92.